The first kappa shape index (κ1) is 13.7. The van der Waals surface area contributed by atoms with Crippen LogP contribution in [0.1, 0.15) is 32.6 Å². The summed E-state index contributed by atoms with van der Waals surface area (Å²) >= 11 is 1.97. The molecule has 3 heteroatoms. The molecule has 2 fully saturated rings. The summed E-state index contributed by atoms with van der Waals surface area (Å²) in [6, 6.07) is 0. The molecule has 1 saturated carbocycles. The minimum Gasteiger partial charge on any atom is -0.294 e. The zero-order chi connectivity index (χ0) is 13.2. The lowest BCUT2D eigenvalue weighted by Gasteiger charge is -2.41. The number of aliphatic imine (C=N–C) groups is 1. The van der Waals surface area contributed by atoms with E-state index in [1.807, 2.05) is 18.0 Å². The number of hydrogen-bond donors (Lipinski definition) is 0. The van der Waals surface area contributed by atoms with E-state index in [0.717, 1.165) is 23.7 Å². The van der Waals surface area contributed by atoms with Gasteiger partial charge in [0.2, 0.25) is 0 Å². The number of likely N-dealkylation sites (tertiary alicyclic amines) is 1. The third-order valence-electron chi connectivity index (χ3n) is 5.20. The largest absolute Gasteiger partial charge is 0.294 e. The van der Waals surface area contributed by atoms with Gasteiger partial charge in [0.1, 0.15) is 0 Å². The molecule has 1 saturated heterocycles. The summed E-state index contributed by atoms with van der Waals surface area (Å²) in [5.41, 5.74) is 1.52. The van der Waals surface area contributed by atoms with Crippen LogP contribution < -0.4 is 0 Å². The Morgan fingerprint density at radius 2 is 2.32 bits per heavy atom. The van der Waals surface area contributed by atoms with Crippen molar-refractivity contribution in [3.8, 4) is 0 Å². The third kappa shape index (κ3) is 2.64. The highest BCUT2D eigenvalue weighted by Crippen LogP contribution is 2.46. The average molecular weight is 278 g/mol. The summed E-state index contributed by atoms with van der Waals surface area (Å²) in [7, 11) is 0. The smallest absolute Gasteiger partial charge is 0.0441 e. The van der Waals surface area contributed by atoms with Crippen molar-refractivity contribution in [1.29, 1.82) is 0 Å². The molecule has 0 aromatic rings. The van der Waals surface area contributed by atoms with Crippen molar-refractivity contribution in [3.63, 3.8) is 0 Å². The van der Waals surface area contributed by atoms with Gasteiger partial charge in [0.15, 0.2) is 0 Å². The second-order valence-corrected chi connectivity index (χ2v) is 7.22. The molecule has 0 aromatic carbocycles. The van der Waals surface area contributed by atoms with Gasteiger partial charge in [-0.3, -0.25) is 9.89 Å². The van der Waals surface area contributed by atoms with E-state index in [4.69, 9.17) is 4.99 Å². The maximum atomic E-state index is 4.73. The van der Waals surface area contributed by atoms with Gasteiger partial charge in [-0.1, -0.05) is 19.4 Å². The highest BCUT2D eigenvalue weighted by molar-refractivity contribution is 7.98. The van der Waals surface area contributed by atoms with Crippen LogP contribution in [0.4, 0.5) is 0 Å². The second kappa shape index (κ2) is 6.01. The Kier molecular flexibility index (Phi) is 4.33. The zero-order valence-electron chi connectivity index (χ0n) is 12.2. The van der Waals surface area contributed by atoms with E-state index < -0.39 is 0 Å². The van der Waals surface area contributed by atoms with Crippen LogP contribution in [0.3, 0.4) is 0 Å². The first-order valence-corrected chi connectivity index (χ1v) is 9.15. The molecule has 0 N–H and O–H groups in total. The highest BCUT2D eigenvalue weighted by atomic mass is 32.2. The fourth-order valence-electron chi connectivity index (χ4n) is 4.51. The molecule has 19 heavy (non-hydrogen) atoms. The van der Waals surface area contributed by atoms with E-state index >= 15 is 0 Å². The topological polar surface area (TPSA) is 15.6 Å². The molecular formula is C16H26N2S. The lowest BCUT2D eigenvalue weighted by atomic mass is 9.64. The summed E-state index contributed by atoms with van der Waals surface area (Å²) in [4.78, 5) is 7.40. The predicted molar refractivity (Wildman–Crippen MR) is 84.6 cm³/mol. The Bertz CT molecular complexity index is 377. The average Bonchev–Trinajstić information content (AvgIpc) is 2.81. The van der Waals surface area contributed by atoms with Gasteiger partial charge in [-0.05, 0) is 43.3 Å². The normalized spacial score (nSPS) is 37.9. The van der Waals surface area contributed by atoms with E-state index in [1.165, 1.54) is 50.4 Å². The standard InChI is InChI=1S/C16H26N2S/c1-3-5-13-14-6-4-7-17-16(14)8-12-9-18(11-19-2)10-15(12)13/h4,7,12-15H,3,5-6,8-11H2,1-2H3/t12-,13?,14?,15-/m1/s1. The van der Waals surface area contributed by atoms with Crippen molar-refractivity contribution in [2.75, 3.05) is 25.2 Å². The van der Waals surface area contributed by atoms with Crippen molar-refractivity contribution in [2.24, 2.45) is 28.7 Å². The second-order valence-electron chi connectivity index (χ2n) is 6.38. The Hall–Kier alpha value is -0.280. The number of thioether (sulfide) groups is 1. The van der Waals surface area contributed by atoms with Gasteiger partial charge in [0, 0.05) is 36.8 Å². The molecule has 2 heterocycles. The summed E-state index contributed by atoms with van der Waals surface area (Å²) < 4.78 is 0. The molecule has 1 aliphatic carbocycles. The Morgan fingerprint density at radius 3 is 3.11 bits per heavy atom. The van der Waals surface area contributed by atoms with Crippen molar-refractivity contribution in [2.45, 2.75) is 32.6 Å². The van der Waals surface area contributed by atoms with Crippen LogP contribution in [-0.2, 0) is 0 Å². The summed E-state index contributed by atoms with van der Waals surface area (Å²) in [6.45, 7) is 4.98. The van der Waals surface area contributed by atoms with E-state index in [9.17, 15) is 0 Å². The molecule has 2 aliphatic heterocycles. The summed E-state index contributed by atoms with van der Waals surface area (Å²) in [5, 5.41) is 0. The number of rotatable bonds is 4. The molecule has 0 aromatic heterocycles. The summed E-state index contributed by atoms with van der Waals surface area (Å²) in [5.74, 6) is 4.67. The maximum Gasteiger partial charge on any atom is 0.0441 e. The molecule has 106 valence electrons. The molecule has 0 amide bonds. The Balaban J connectivity index is 1.78. The minimum atomic E-state index is 0.764. The van der Waals surface area contributed by atoms with Gasteiger partial charge < -0.3 is 0 Å². The van der Waals surface area contributed by atoms with E-state index in [-0.39, 0.29) is 0 Å². The van der Waals surface area contributed by atoms with Crippen LogP contribution in [0.5, 0.6) is 0 Å². The van der Waals surface area contributed by atoms with Gasteiger partial charge >= 0.3 is 0 Å². The van der Waals surface area contributed by atoms with Crippen molar-refractivity contribution >= 4 is 17.5 Å². The van der Waals surface area contributed by atoms with Crippen molar-refractivity contribution < 1.29 is 0 Å². The molecule has 3 rings (SSSR count). The molecule has 0 radical (unpaired) electrons. The highest BCUT2D eigenvalue weighted by Gasteiger charge is 2.46. The van der Waals surface area contributed by atoms with Gasteiger partial charge in [-0.2, -0.15) is 0 Å². The monoisotopic (exact) mass is 278 g/mol. The lowest BCUT2D eigenvalue weighted by Crippen LogP contribution is -2.40. The van der Waals surface area contributed by atoms with Gasteiger partial charge in [0.05, 0.1) is 0 Å². The molecule has 4 atom stereocenters. The molecule has 3 aliphatic rings. The summed E-state index contributed by atoms with van der Waals surface area (Å²) in [6.07, 6.45) is 11.8. The van der Waals surface area contributed by atoms with Crippen LogP contribution in [-0.4, -0.2) is 35.8 Å². The quantitative estimate of drug-likeness (QED) is 0.780. The molecule has 2 nitrogen and oxygen atoms in total. The predicted octanol–water partition coefficient (Wildman–Crippen LogP) is 3.65. The molecular weight excluding hydrogens is 252 g/mol. The van der Waals surface area contributed by atoms with E-state index in [2.05, 4.69) is 24.2 Å². The minimum absolute atomic E-state index is 0.764. The Morgan fingerprint density at radius 1 is 1.42 bits per heavy atom. The van der Waals surface area contributed by atoms with Gasteiger partial charge in [0.25, 0.3) is 0 Å². The van der Waals surface area contributed by atoms with Crippen molar-refractivity contribution in [3.05, 3.63) is 12.3 Å². The first-order valence-electron chi connectivity index (χ1n) is 7.76. The maximum absolute atomic E-state index is 4.73. The van der Waals surface area contributed by atoms with Gasteiger partial charge in [-0.15, -0.1) is 11.8 Å². The third-order valence-corrected chi connectivity index (χ3v) is 5.83. The van der Waals surface area contributed by atoms with E-state index in [1.54, 1.807) is 0 Å². The van der Waals surface area contributed by atoms with Crippen LogP contribution in [0.25, 0.3) is 0 Å². The van der Waals surface area contributed by atoms with Crippen LogP contribution in [0, 0.1) is 23.7 Å². The molecule has 0 spiro atoms. The number of nitrogens with zero attached hydrogens (tertiary/aromatic N) is 2. The lowest BCUT2D eigenvalue weighted by molar-refractivity contribution is 0.192. The van der Waals surface area contributed by atoms with Crippen LogP contribution >= 0.6 is 11.8 Å². The van der Waals surface area contributed by atoms with Gasteiger partial charge in [-0.25, -0.2) is 0 Å². The van der Waals surface area contributed by atoms with E-state index in [0.29, 0.717) is 0 Å². The van der Waals surface area contributed by atoms with Crippen LogP contribution in [0.2, 0.25) is 0 Å². The fraction of sp³-hybridized carbons (Fsp3) is 0.812. The van der Waals surface area contributed by atoms with Crippen molar-refractivity contribution in [1.82, 2.24) is 4.90 Å². The zero-order valence-corrected chi connectivity index (χ0v) is 13.0. The fourth-order valence-corrected chi connectivity index (χ4v) is 5.08. The first-order chi connectivity index (χ1) is 9.33. The van der Waals surface area contributed by atoms with Crippen LogP contribution in [0.15, 0.2) is 17.3 Å². The molecule has 2 unspecified atom stereocenters. The SMILES string of the molecule is CCCC1C2CC=CN=C2C[C@@H]2CN(CSC)C[C@@H]12. The Labute approximate surface area is 121 Å². The number of allylic oxidation sites excluding steroid dienone is 1. The molecule has 0 bridgehead atoms. The number of hydrogen-bond acceptors (Lipinski definition) is 3. The number of fused-ring (bicyclic) bond motifs is 2.